The van der Waals surface area contributed by atoms with Crippen LogP contribution < -0.4 is 10.1 Å². The molecule has 5 heteroatoms. The van der Waals surface area contributed by atoms with E-state index in [9.17, 15) is 9.59 Å². The quantitative estimate of drug-likeness (QED) is 0.834. The van der Waals surface area contributed by atoms with E-state index in [0.29, 0.717) is 11.3 Å². The standard InChI is InChI=1S/C15H19NO4/c1-9-4-5-11(8-13(9)19-3)15(18)20-10(2)14(17)16-12-6-7-12/h4-5,8,10,12H,6-7H2,1-3H3,(H,16,17)/t10-/m1/s1. The lowest BCUT2D eigenvalue weighted by atomic mass is 10.1. The number of hydrogen-bond donors (Lipinski definition) is 1. The maximum atomic E-state index is 12.0. The highest BCUT2D eigenvalue weighted by atomic mass is 16.5. The maximum absolute atomic E-state index is 12.0. The van der Waals surface area contributed by atoms with Crippen molar-refractivity contribution in [2.45, 2.75) is 38.8 Å². The van der Waals surface area contributed by atoms with Gasteiger partial charge >= 0.3 is 5.97 Å². The number of aryl methyl sites for hydroxylation is 1. The first-order valence-corrected chi connectivity index (χ1v) is 6.67. The summed E-state index contributed by atoms with van der Waals surface area (Å²) in [6.07, 6.45) is 1.21. The highest BCUT2D eigenvalue weighted by Crippen LogP contribution is 2.21. The number of ether oxygens (including phenoxy) is 2. The maximum Gasteiger partial charge on any atom is 0.339 e. The van der Waals surface area contributed by atoms with Crippen molar-refractivity contribution >= 4 is 11.9 Å². The Labute approximate surface area is 118 Å². The zero-order chi connectivity index (χ0) is 14.7. The normalized spacial score (nSPS) is 15.3. The Balaban J connectivity index is 1.98. The van der Waals surface area contributed by atoms with E-state index in [1.165, 1.54) is 0 Å². The summed E-state index contributed by atoms with van der Waals surface area (Å²) < 4.78 is 10.3. The molecule has 0 aromatic heterocycles. The van der Waals surface area contributed by atoms with Gasteiger partial charge in [0.1, 0.15) is 5.75 Å². The predicted octanol–water partition coefficient (Wildman–Crippen LogP) is 1.83. The summed E-state index contributed by atoms with van der Waals surface area (Å²) in [6, 6.07) is 5.31. The molecule has 0 radical (unpaired) electrons. The number of rotatable bonds is 5. The minimum absolute atomic E-state index is 0.250. The molecule has 0 saturated heterocycles. The van der Waals surface area contributed by atoms with E-state index < -0.39 is 12.1 Å². The van der Waals surface area contributed by atoms with Gasteiger partial charge in [0.05, 0.1) is 12.7 Å². The zero-order valence-electron chi connectivity index (χ0n) is 11.9. The van der Waals surface area contributed by atoms with Crippen LogP contribution in [-0.2, 0) is 9.53 Å². The van der Waals surface area contributed by atoms with Crippen molar-refractivity contribution in [1.82, 2.24) is 5.32 Å². The van der Waals surface area contributed by atoms with Crippen LogP contribution >= 0.6 is 0 Å². The van der Waals surface area contributed by atoms with E-state index in [4.69, 9.17) is 9.47 Å². The minimum Gasteiger partial charge on any atom is -0.496 e. The lowest BCUT2D eigenvalue weighted by Crippen LogP contribution is -2.37. The largest absolute Gasteiger partial charge is 0.496 e. The van der Waals surface area contributed by atoms with Gasteiger partial charge in [0, 0.05) is 6.04 Å². The van der Waals surface area contributed by atoms with Gasteiger partial charge in [-0.15, -0.1) is 0 Å². The molecule has 0 spiro atoms. The summed E-state index contributed by atoms with van der Waals surface area (Å²) in [6.45, 7) is 3.46. The lowest BCUT2D eigenvalue weighted by molar-refractivity contribution is -0.129. The van der Waals surface area contributed by atoms with Gasteiger partial charge in [-0.2, -0.15) is 0 Å². The average molecular weight is 277 g/mol. The molecular formula is C15H19NO4. The first-order valence-electron chi connectivity index (χ1n) is 6.67. The number of esters is 1. The topological polar surface area (TPSA) is 64.6 Å². The average Bonchev–Trinajstić information content (AvgIpc) is 3.22. The number of amides is 1. The fraction of sp³-hybridized carbons (Fsp3) is 0.467. The van der Waals surface area contributed by atoms with Gasteiger partial charge in [0.25, 0.3) is 5.91 Å². The van der Waals surface area contributed by atoms with Crippen LogP contribution in [0.2, 0.25) is 0 Å². The van der Waals surface area contributed by atoms with Crippen LogP contribution in [0.5, 0.6) is 5.75 Å². The van der Waals surface area contributed by atoms with Crippen LogP contribution in [0.3, 0.4) is 0 Å². The van der Waals surface area contributed by atoms with Crippen LogP contribution in [-0.4, -0.2) is 31.1 Å². The number of carbonyl (C=O) groups excluding carboxylic acids is 2. The fourth-order valence-electron chi connectivity index (χ4n) is 1.78. The fourth-order valence-corrected chi connectivity index (χ4v) is 1.78. The van der Waals surface area contributed by atoms with Crippen LogP contribution in [0.1, 0.15) is 35.7 Å². The van der Waals surface area contributed by atoms with E-state index in [1.54, 1.807) is 32.2 Å². The van der Waals surface area contributed by atoms with E-state index in [1.807, 2.05) is 6.92 Å². The molecule has 20 heavy (non-hydrogen) atoms. The molecule has 1 saturated carbocycles. The third kappa shape index (κ3) is 3.50. The van der Waals surface area contributed by atoms with Crippen LogP contribution in [0, 0.1) is 6.92 Å². The first kappa shape index (κ1) is 14.4. The van der Waals surface area contributed by atoms with Crippen molar-refractivity contribution in [3.05, 3.63) is 29.3 Å². The molecule has 1 N–H and O–H groups in total. The minimum atomic E-state index is -0.796. The van der Waals surface area contributed by atoms with Crippen molar-refractivity contribution in [2.75, 3.05) is 7.11 Å². The van der Waals surface area contributed by atoms with E-state index in [-0.39, 0.29) is 11.9 Å². The van der Waals surface area contributed by atoms with E-state index in [2.05, 4.69) is 5.32 Å². The molecule has 1 aliphatic carbocycles. The van der Waals surface area contributed by atoms with Crippen molar-refractivity contribution < 1.29 is 19.1 Å². The van der Waals surface area contributed by atoms with Gasteiger partial charge < -0.3 is 14.8 Å². The van der Waals surface area contributed by atoms with Gasteiger partial charge in [-0.3, -0.25) is 4.79 Å². The summed E-state index contributed by atoms with van der Waals surface area (Å²) in [5.74, 6) is -0.156. The number of hydrogen-bond acceptors (Lipinski definition) is 4. The van der Waals surface area contributed by atoms with Gasteiger partial charge in [0.15, 0.2) is 6.10 Å². The van der Waals surface area contributed by atoms with Gasteiger partial charge in [-0.25, -0.2) is 4.79 Å². The monoisotopic (exact) mass is 277 g/mol. The Kier molecular flexibility index (Phi) is 4.27. The molecular weight excluding hydrogens is 258 g/mol. The third-order valence-corrected chi connectivity index (χ3v) is 3.22. The van der Waals surface area contributed by atoms with Crippen LogP contribution in [0.15, 0.2) is 18.2 Å². The number of methoxy groups -OCH3 is 1. The van der Waals surface area contributed by atoms with Crippen LogP contribution in [0.4, 0.5) is 0 Å². The molecule has 1 atom stereocenters. The molecule has 0 aliphatic heterocycles. The summed E-state index contributed by atoms with van der Waals surface area (Å²) >= 11 is 0. The molecule has 1 aliphatic rings. The lowest BCUT2D eigenvalue weighted by Gasteiger charge is -2.14. The first-order chi connectivity index (χ1) is 9.51. The predicted molar refractivity (Wildman–Crippen MR) is 73.8 cm³/mol. The highest BCUT2D eigenvalue weighted by molar-refractivity contribution is 5.92. The summed E-state index contributed by atoms with van der Waals surface area (Å²) in [7, 11) is 1.54. The molecule has 1 fully saturated rings. The van der Waals surface area contributed by atoms with Gasteiger partial charge in [-0.05, 0) is 44.4 Å². The summed E-state index contributed by atoms with van der Waals surface area (Å²) in [5, 5.41) is 2.80. The number of carbonyl (C=O) groups is 2. The smallest absolute Gasteiger partial charge is 0.339 e. The van der Waals surface area contributed by atoms with Crippen molar-refractivity contribution in [3.63, 3.8) is 0 Å². The molecule has 108 valence electrons. The second-order valence-electron chi connectivity index (χ2n) is 5.01. The second kappa shape index (κ2) is 5.94. The Morgan fingerprint density at radius 1 is 1.35 bits per heavy atom. The number of nitrogens with one attached hydrogen (secondary N) is 1. The van der Waals surface area contributed by atoms with E-state index >= 15 is 0 Å². The molecule has 0 heterocycles. The Bertz CT molecular complexity index is 523. The zero-order valence-corrected chi connectivity index (χ0v) is 11.9. The number of benzene rings is 1. The second-order valence-corrected chi connectivity index (χ2v) is 5.01. The Morgan fingerprint density at radius 3 is 2.65 bits per heavy atom. The third-order valence-electron chi connectivity index (χ3n) is 3.22. The van der Waals surface area contributed by atoms with Crippen molar-refractivity contribution in [1.29, 1.82) is 0 Å². The molecule has 1 amide bonds. The molecule has 1 aromatic carbocycles. The Morgan fingerprint density at radius 2 is 2.05 bits per heavy atom. The molecule has 2 rings (SSSR count). The highest BCUT2D eigenvalue weighted by Gasteiger charge is 2.27. The van der Waals surface area contributed by atoms with Crippen molar-refractivity contribution in [2.24, 2.45) is 0 Å². The SMILES string of the molecule is COc1cc(C(=O)O[C@H](C)C(=O)NC2CC2)ccc1C. The summed E-state index contributed by atoms with van der Waals surface area (Å²) in [4.78, 5) is 23.7. The van der Waals surface area contributed by atoms with Gasteiger partial charge in [-0.1, -0.05) is 6.07 Å². The summed E-state index contributed by atoms with van der Waals surface area (Å²) in [5.41, 5.74) is 1.31. The molecule has 0 unspecified atom stereocenters. The molecule has 5 nitrogen and oxygen atoms in total. The van der Waals surface area contributed by atoms with Gasteiger partial charge in [0.2, 0.25) is 0 Å². The molecule has 0 bridgehead atoms. The molecule has 1 aromatic rings. The van der Waals surface area contributed by atoms with Crippen LogP contribution in [0.25, 0.3) is 0 Å². The van der Waals surface area contributed by atoms with E-state index in [0.717, 1.165) is 18.4 Å². The Hall–Kier alpha value is -2.04. The van der Waals surface area contributed by atoms with Crippen molar-refractivity contribution in [3.8, 4) is 5.75 Å².